The number of carboxylic acid groups (broad SMARTS) is 1. The fraction of sp³-hybridized carbons (Fsp3) is 0.667. The van der Waals surface area contributed by atoms with Crippen LogP contribution in [-0.4, -0.2) is 31.6 Å². The van der Waals surface area contributed by atoms with Crippen LogP contribution in [-0.2, 0) is 24.7 Å². The van der Waals surface area contributed by atoms with Crippen molar-refractivity contribution in [3.8, 4) is 0 Å². The SMILES string of the molecule is CCc1cc(CC2(O)CC(C(=O)O)C2)n(C)n1. The minimum atomic E-state index is -0.859. The molecule has 0 spiro atoms. The van der Waals surface area contributed by atoms with Gasteiger partial charge in [-0.25, -0.2) is 0 Å². The Kier molecular flexibility index (Phi) is 2.95. The number of aryl methyl sites for hydroxylation is 2. The van der Waals surface area contributed by atoms with E-state index in [1.54, 1.807) is 4.68 Å². The molecule has 0 aromatic carbocycles. The zero-order chi connectivity index (χ0) is 12.6. The zero-order valence-electron chi connectivity index (χ0n) is 10.2. The summed E-state index contributed by atoms with van der Waals surface area (Å²) in [4.78, 5) is 10.7. The molecule has 0 amide bonds. The van der Waals surface area contributed by atoms with Gasteiger partial charge in [0, 0.05) is 19.2 Å². The van der Waals surface area contributed by atoms with Gasteiger partial charge < -0.3 is 10.2 Å². The predicted octanol–water partition coefficient (Wildman–Crippen LogP) is 0.751. The molecule has 1 saturated carbocycles. The molecule has 0 bridgehead atoms. The second kappa shape index (κ2) is 4.14. The number of aromatic nitrogens is 2. The maximum absolute atomic E-state index is 10.7. The summed E-state index contributed by atoms with van der Waals surface area (Å²) >= 11 is 0. The summed E-state index contributed by atoms with van der Waals surface area (Å²) in [6.07, 6.45) is 2.04. The van der Waals surface area contributed by atoms with Crippen molar-refractivity contribution in [2.24, 2.45) is 13.0 Å². The molecule has 5 nitrogen and oxygen atoms in total. The quantitative estimate of drug-likeness (QED) is 0.811. The number of nitrogens with zero attached hydrogens (tertiary/aromatic N) is 2. The van der Waals surface area contributed by atoms with Crippen LogP contribution in [0.2, 0.25) is 0 Å². The summed E-state index contributed by atoms with van der Waals surface area (Å²) < 4.78 is 1.77. The Morgan fingerprint density at radius 2 is 2.29 bits per heavy atom. The highest BCUT2D eigenvalue weighted by molar-refractivity contribution is 5.71. The molecule has 1 aromatic rings. The fourth-order valence-electron chi connectivity index (χ4n) is 2.42. The molecule has 1 aliphatic carbocycles. The average Bonchev–Trinajstić information content (AvgIpc) is 2.55. The summed E-state index contributed by atoms with van der Waals surface area (Å²) in [7, 11) is 1.85. The molecule has 17 heavy (non-hydrogen) atoms. The van der Waals surface area contributed by atoms with E-state index in [9.17, 15) is 9.90 Å². The Bertz CT molecular complexity index is 433. The van der Waals surface area contributed by atoms with Crippen molar-refractivity contribution in [2.75, 3.05) is 0 Å². The van der Waals surface area contributed by atoms with Crippen molar-refractivity contribution in [1.29, 1.82) is 0 Å². The normalized spacial score (nSPS) is 27.8. The van der Waals surface area contributed by atoms with Gasteiger partial charge in [0.1, 0.15) is 0 Å². The molecule has 2 rings (SSSR count). The molecule has 1 aromatic heterocycles. The maximum atomic E-state index is 10.7. The highest BCUT2D eigenvalue weighted by Crippen LogP contribution is 2.40. The molecule has 1 fully saturated rings. The summed E-state index contributed by atoms with van der Waals surface area (Å²) in [5, 5.41) is 23.3. The highest BCUT2D eigenvalue weighted by Gasteiger charge is 2.46. The van der Waals surface area contributed by atoms with E-state index in [1.807, 2.05) is 20.0 Å². The van der Waals surface area contributed by atoms with Gasteiger partial charge >= 0.3 is 5.97 Å². The van der Waals surface area contributed by atoms with Gasteiger partial charge in [0.15, 0.2) is 0 Å². The lowest BCUT2D eigenvalue weighted by Gasteiger charge is -2.41. The van der Waals surface area contributed by atoms with E-state index in [2.05, 4.69) is 5.10 Å². The Hall–Kier alpha value is -1.36. The van der Waals surface area contributed by atoms with Gasteiger partial charge in [0.05, 0.1) is 17.2 Å². The first-order valence-corrected chi connectivity index (χ1v) is 5.90. The third-order valence-corrected chi connectivity index (χ3v) is 3.50. The van der Waals surface area contributed by atoms with E-state index in [0.29, 0.717) is 19.3 Å². The Labute approximate surface area is 100 Å². The van der Waals surface area contributed by atoms with Crippen molar-refractivity contribution in [3.05, 3.63) is 17.5 Å². The molecule has 0 saturated heterocycles. The van der Waals surface area contributed by atoms with Gasteiger partial charge in [-0.15, -0.1) is 0 Å². The predicted molar refractivity (Wildman–Crippen MR) is 61.6 cm³/mol. The fourth-order valence-corrected chi connectivity index (χ4v) is 2.42. The van der Waals surface area contributed by atoms with Crippen molar-refractivity contribution in [1.82, 2.24) is 9.78 Å². The third-order valence-electron chi connectivity index (χ3n) is 3.50. The minimum absolute atomic E-state index is 0.342. The van der Waals surface area contributed by atoms with Crippen LogP contribution in [0.15, 0.2) is 6.07 Å². The lowest BCUT2D eigenvalue weighted by Crippen LogP contribution is -2.48. The van der Waals surface area contributed by atoms with Crippen molar-refractivity contribution in [3.63, 3.8) is 0 Å². The zero-order valence-corrected chi connectivity index (χ0v) is 10.2. The number of carboxylic acids is 1. The van der Waals surface area contributed by atoms with Gasteiger partial charge in [0.25, 0.3) is 0 Å². The average molecular weight is 238 g/mol. The van der Waals surface area contributed by atoms with E-state index < -0.39 is 11.6 Å². The van der Waals surface area contributed by atoms with Crippen LogP contribution in [0.5, 0.6) is 0 Å². The van der Waals surface area contributed by atoms with Gasteiger partial charge in [-0.3, -0.25) is 9.48 Å². The number of hydrogen-bond donors (Lipinski definition) is 2. The maximum Gasteiger partial charge on any atom is 0.306 e. The van der Waals surface area contributed by atoms with Gasteiger partial charge in [0.2, 0.25) is 0 Å². The van der Waals surface area contributed by atoms with Crippen LogP contribution in [0.3, 0.4) is 0 Å². The number of rotatable bonds is 4. The van der Waals surface area contributed by atoms with Crippen molar-refractivity contribution in [2.45, 2.75) is 38.2 Å². The standard InChI is InChI=1S/C12H18N2O3/c1-3-9-4-10(14(2)13-9)7-12(17)5-8(6-12)11(15)16/h4,8,17H,3,5-7H2,1-2H3,(H,15,16). The van der Waals surface area contributed by atoms with E-state index in [-0.39, 0.29) is 5.92 Å². The first-order chi connectivity index (χ1) is 7.93. The lowest BCUT2D eigenvalue weighted by atomic mass is 9.69. The van der Waals surface area contributed by atoms with Crippen LogP contribution >= 0.6 is 0 Å². The van der Waals surface area contributed by atoms with Gasteiger partial charge in [-0.1, -0.05) is 6.92 Å². The molecular formula is C12H18N2O3. The second-order valence-corrected chi connectivity index (χ2v) is 4.95. The molecule has 0 atom stereocenters. The van der Waals surface area contributed by atoms with Crippen LogP contribution in [0.4, 0.5) is 0 Å². The van der Waals surface area contributed by atoms with Crippen LogP contribution in [0.25, 0.3) is 0 Å². The molecule has 2 N–H and O–H groups in total. The highest BCUT2D eigenvalue weighted by atomic mass is 16.4. The van der Waals surface area contributed by atoms with Crippen LogP contribution in [0, 0.1) is 5.92 Å². The molecule has 94 valence electrons. The minimum Gasteiger partial charge on any atom is -0.481 e. The topological polar surface area (TPSA) is 75.3 Å². The van der Waals surface area contributed by atoms with E-state index in [4.69, 9.17) is 5.11 Å². The summed E-state index contributed by atoms with van der Waals surface area (Å²) in [5.41, 5.74) is 1.11. The molecule has 1 heterocycles. The van der Waals surface area contributed by atoms with Crippen molar-refractivity contribution >= 4 is 5.97 Å². The Morgan fingerprint density at radius 1 is 1.65 bits per heavy atom. The van der Waals surface area contributed by atoms with Crippen molar-refractivity contribution < 1.29 is 15.0 Å². The number of aliphatic hydroxyl groups is 1. The molecule has 0 radical (unpaired) electrons. The first-order valence-electron chi connectivity index (χ1n) is 5.90. The number of aliphatic carboxylic acids is 1. The molecule has 0 aliphatic heterocycles. The lowest BCUT2D eigenvalue weighted by molar-refractivity contribution is -0.158. The molecular weight excluding hydrogens is 220 g/mol. The Balaban J connectivity index is 2.02. The largest absolute Gasteiger partial charge is 0.481 e. The van der Waals surface area contributed by atoms with E-state index in [0.717, 1.165) is 17.8 Å². The third kappa shape index (κ3) is 2.34. The number of carbonyl (C=O) groups is 1. The molecule has 5 heteroatoms. The summed E-state index contributed by atoms with van der Waals surface area (Å²) in [6, 6.07) is 1.98. The second-order valence-electron chi connectivity index (χ2n) is 4.95. The van der Waals surface area contributed by atoms with Crippen LogP contribution < -0.4 is 0 Å². The monoisotopic (exact) mass is 238 g/mol. The summed E-state index contributed by atoms with van der Waals surface area (Å²) in [5.74, 6) is -1.20. The van der Waals surface area contributed by atoms with E-state index >= 15 is 0 Å². The molecule has 1 aliphatic rings. The summed E-state index contributed by atoms with van der Waals surface area (Å²) in [6.45, 7) is 2.03. The number of hydrogen-bond acceptors (Lipinski definition) is 3. The smallest absolute Gasteiger partial charge is 0.306 e. The van der Waals surface area contributed by atoms with Crippen LogP contribution in [0.1, 0.15) is 31.2 Å². The Morgan fingerprint density at radius 3 is 2.76 bits per heavy atom. The molecule has 0 unspecified atom stereocenters. The van der Waals surface area contributed by atoms with E-state index in [1.165, 1.54) is 0 Å². The first kappa shape index (κ1) is 12.1. The van der Waals surface area contributed by atoms with Gasteiger partial charge in [-0.2, -0.15) is 5.10 Å². The van der Waals surface area contributed by atoms with Gasteiger partial charge in [-0.05, 0) is 25.3 Å².